The van der Waals surface area contributed by atoms with E-state index in [1.807, 2.05) is 38.7 Å². The molecule has 0 saturated heterocycles. The largest absolute Gasteiger partial charge is 0.368 e. The van der Waals surface area contributed by atoms with E-state index in [0.29, 0.717) is 16.3 Å². The molecule has 0 aromatic carbocycles. The highest BCUT2D eigenvalue weighted by Gasteiger charge is 2.12. The number of hydrogen-bond acceptors (Lipinski definition) is 8. The van der Waals surface area contributed by atoms with Gasteiger partial charge in [0.1, 0.15) is 0 Å². The molecular formula is C13H19N7S. The van der Waals surface area contributed by atoms with E-state index in [-0.39, 0.29) is 5.95 Å². The van der Waals surface area contributed by atoms with Crippen molar-refractivity contribution in [3.05, 3.63) is 17.5 Å². The number of hydrogen-bond donors (Lipinski definition) is 1. The van der Waals surface area contributed by atoms with Crippen molar-refractivity contribution in [2.45, 2.75) is 38.0 Å². The van der Waals surface area contributed by atoms with E-state index in [0.717, 1.165) is 24.5 Å². The molecule has 2 heterocycles. The number of nitrogens with two attached hydrogens (primary N) is 1. The minimum Gasteiger partial charge on any atom is -0.368 e. The molecule has 0 radical (unpaired) electrons. The second kappa shape index (κ2) is 6.66. The average Bonchev–Trinajstić information content (AvgIpc) is 2.38. The Labute approximate surface area is 128 Å². The minimum atomic E-state index is 0.207. The lowest BCUT2D eigenvalue weighted by Crippen LogP contribution is -2.25. The summed E-state index contributed by atoms with van der Waals surface area (Å²) in [6, 6.07) is 1.92. The summed E-state index contributed by atoms with van der Waals surface area (Å²) in [5.74, 6) is 0.790. The predicted molar refractivity (Wildman–Crippen MR) is 83.4 cm³/mol. The van der Waals surface area contributed by atoms with Gasteiger partial charge in [-0.3, -0.25) is 0 Å². The van der Waals surface area contributed by atoms with Gasteiger partial charge in [-0.2, -0.15) is 15.0 Å². The smallest absolute Gasteiger partial charge is 0.231 e. The number of nitrogens with zero attached hydrogens (tertiary/aromatic N) is 6. The molecule has 21 heavy (non-hydrogen) atoms. The standard InChI is InChI=1S/C13H19N7S/c1-5-20(6-2)11-17-10(14)18-13(19-11)21-12-15-8(3)7-9(4)16-12/h7H,5-6H2,1-4H3,(H2,14,17,18,19). The number of rotatable bonds is 5. The van der Waals surface area contributed by atoms with E-state index in [1.165, 1.54) is 11.8 Å². The molecule has 8 heteroatoms. The fraction of sp³-hybridized carbons (Fsp3) is 0.462. The van der Waals surface area contributed by atoms with Gasteiger partial charge in [0, 0.05) is 24.5 Å². The first-order valence-corrected chi connectivity index (χ1v) is 7.60. The summed E-state index contributed by atoms with van der Waals surface area (Å²) < 4.78 is 0. The Kier molecular flexibility index (Phi) is 4.89. The summed E-state index contributed by atoms with van der Waals surface area (Å²) in [4.78, 5) is 23.5. The third-order valence-electron chi connectivity index (χ3n) is 2.81. The molecule has 0 atom stereocenters. The molecular weight excluding hydrogens is 286 g/mol. The van der Waals surface area contributed by atoms with Crippen LogP contribution in [0.4, 0.5) is 11.9 Å². The maximum Gasteiger partial charge on any atom is 0.231 e. The van der Waals surface area contributed by atoms with Crippen LogP contribution in [0.25, 0.3) is 0 Å². The molecule has 0 amide bonds. The Morgan fingerprint density at radius 2 is 1.52 bits per heavy atom. The van der Waals surface area contributed by atoms with Crippen molar-refractivity contribution in [2.24, 2.45) is 0 Å². The van der Waals surface area contributed by atoms with E-state index in [2.05, 4.69) is 24.9 Å². The van der Waals surface area contributed by atoms with Crippen LogP contribution in [-0.4, -0.2) is 38.0 Å². The summed E-state index contributed by atoms with van der Waals surface area (Å²) in [7, 11) is 0. The predicted octanol–water partition coefficient (Wildman–Crippen LogP) is 1.86. The Hall–Kier alpha value is -1.96. The molecule has 2 aromatic heterocycles. The lowest BCUT2D eigenvalue weighted by Gasteiger charge is -2.18. The fourth-order valence-corrected chi connectivity index (χ4v) is 2.68. The van der Waals surface area contributed by atoms with Crippen molar-refractivity contribution < 1.29 is 0 Å². The molecule has 0 fully saturated rings. The van der Waals surface area contributed by atoms with Crippen molar-refractivity contribution in [1.29, 1.82) is 0 Å². The quantitative estimate of drug-likeness (QED) is 0.837. The van der Waals surface area contributed by atoms with Crippen LogP contribution in [-0.2, 0) is 0 Å². The molecule has 112 valence electrons. The fourth-order valence-electron chi connectivity index (χ4n) is 1.88. The zero-order valence-corrected chi connectivity index (χ0v) is 13.5. The van der Waals surface area contributed by atoms with E-state index in [4.69, 9.17) is 5.73 Å². The second-order valence-electron chi connectivity index (χ2n) is 4.48. The highest BCUT2D eigenvalue weighted by Crippen LogP contribution is 2.23. The Balaban J connectivity index is 2.31. The monoisotopic (exact) mass is 305 g/mol. The van der Waals surface area contributed by atoms with Crippen molar-refractivity contribution in [3.63, 3.8) is 0 Å². The molecule has 0 unspecified atom stereocenters. The first-order chi connectivity index (χ1) is 10.0. The lowest BCUT2D eigenvalue weighted by molar-refractivity contribution is 0.784. The first kappa shape index (κ1) is 15.4. The Morgan fingerprint density at radius 3 is 2.10 bits per heavy atom. The molecule has 2 aromatic rings. The van der Waals surface area contributed by atoms with Crippen molar-refractivity contribution in [2.75, 3.05) is 23.7 Å². The van der Waals surface area contributed by atoms with Crippen LogP contribution in [0.5, 0.6) is 0 Å². The summed E-state index contributed by atoms with van der Waals surface area (Å²) in [5.41, 5.74) is 7.60. The Bertz CT molecular complexity index is 608. The van der Waals surface area contributed by atoms with E-state index in [1.54, 1.807) is 0 Å². The maximum absolute atomic E-state index is 5.78. The second-order valence-corrected chi connectivity index (χ2v) is 5.42. The normalized spacial score (nSPS) is 10.7. The molecule has 0 spiro atoms. The van der Waals surface area contributed by atoms with Gasteiger partial charge < -0.3 is 10.6 Å². The van der Waals surface area contributed by atoms with Crippen LogP contribution in [0.1, 0.15) is 25.2 Å². The van der Waals surface area contributed by atoms with E-state index >= 15 is 0 Å². The highest BCUT2D eigenvalue weighted by molar-refractivity contribution is 7.99. The molecule has 0 aliphatic carbocycles. The number of anilines is 2. The van der Waals surface area contributed by atoms with Crippen LogP contribution in [0.15, 0.2) is 16.4 Å². The summed E-state index contributed by atoms with van der Waals surface area (Å²) in [6.45, 7) is 9.57. The summed E-state index contributed by atoms with van der Waals surface area (Å²) in [6.07, 6.45) is 0. The third kappa shape index (κ3) is 4.01. The Morgan fingerprint density at radius 1 is 0.952 bits per heavy atom. The van der Waals surface area contributed by atoms with E-state index < -0.39 is 0 Å². The molecule has 0 aliphatic rings. The lowest BCUT2D eigenvalue weighted by atomic mass is 10.4. The highest BCUT2D eigenvalue weighted by atomic mass is 32.2. The number of aryl methyl sites for hydroxylation is 2. The van der Waals surface area contributed by atoms with Crippen molar-refractivity contribution >= 4 is 23.7 Å². The molecule has 2 N–H and O–H groups in total. The van der Waals surface area contributed by atoms with E-state index in [9.17, 15) is 0 Å². The summed E-state index contributed by atoms with van der Waals surface area (Å²) in [5, 5.41) is 1.12. The van der Waals surface area contributed by atoms with Crippen LogP contribution < -0.4 is 10.6 Å². The zero-order valence-electron chi connectivity index (χ0n) is 12.7. The van der Waals surface area contributed by atoms with Gasteiger partial charge in [0.05, 0.1) is 0 Å². The van der Waals surface area contributed by atoms with Crippen molar-refractivity contribution in [3.8, 4) is 0 Å². The first-order valence-electron chi connectivity index (χ1n) is 6.78. The number of aromatic nitrogens is 5. The number of nitrogen functional groups attached to an aromatic ring is 1. The zero-order chi connectivity index (χ0) is 15.4. The van der Waals surface area contributed by atoms with Crippen LogP contribution >= 0.6 is 11.8 Å². The third-order valence-corrected chi connectivity index (χ3v) is 3.54. The topological polar surface area (TPSA) is 93.7 Å². The van der Waals surface area contributed by atoms with Gasteiger partial charge in [-0.05, 0) is 45.5 Å². The molecule has 0 aliphatic heterocycles. The molecule has 7 nitrogen and oxygen atoms in total. The average molecular weight is 305 g/mol. The van der Waals surface area contributed by atoms with Gasteiger partial charge in [-0.25, -0.2) is 9.97 Å². The van der Waals surface area contributed by atoms with Crippen LogP contribution in [0.3, 0.4) is 0 Å². The molecule has 2 rings (SSSR count). The van der Waals surface area contributed by atoms with Crippen molar-refractivity contribution in [1.82, 2.24) is 24.9 Å². The van der Waals surface area contributed by atoms with Gasteiger partial charge in [0.25, 0.3) is 0 Å². The SMILES string of the molecule is CCN(CC)c1nc(N)nc(Sc2nc(C)cc(C)n2)n1. The van der Waals surface area contributed by atoms with Gasteiger partial charge in [0.15, 0.2) is 5.16 Å². The molecule has 0 saturated carbocycles. The minimum absolute atomic E-state index is 0.207. The van der Waals surface area contributed by atoms with Crippen LogP contribution in [0.2, 0.25) is 0 Å². The molecule has 0 bridgehead atoms. The van der Waals surface area contributed by atoms with Gasteiger partial charge in [-0.1, -0.05) is 0 Å². The van der Waals surface area contributed by atoms with Crippen LogP contribution in [0, 0.1) is 13.8 Å². The maximum atomic E-state index is 5.78. The van der Waals surface area contributed by atoms with Gasteiger partial charge in [-0.15, -0.1) is 0 Å². The summed E-state index contributed by atoms with van der Waals surface area (Å²) >= 11 is 1.29. The van der Waals surface area contributed by atoms with Gasteiger partial charge >= 0.3 is 0 Å². The van der Waals surface area contributed by atoms with Gasteiger partial charge in [0.2, 0.25) is 17.1 Å².